The molecule has 0 bridgehead atoms. The number of hydrogen-bond donors (Lipinski definition) is 0. The molecule has 3 heterocycles. The van der Waals surface area contributed by atoms with Gasteiger partial charge in [-0.1, -0.05) is 48.5 Å². The Labute approximate surface area is 164 Å². The normalized spacial score (nSPS) is 13.6. The highest BCUT2D eigenvalue weighted by Gasteiger charge is 2.08. The second-order valence-electron chi connectivity index (χ2n) is 6.59. The zero-order valence-corrected chi connectivity index (χ0v) is 15.7. The maximum atomic E-state index is 5.42. The van der Waals surface area contributed by atoms with Crippen molar-refractivity contribution in [2.75, 3.05) is 13.2 Å². The van der Waals surface area contributed by atoms with Crippen LogP contribution < -0.4 is 9.47 Å². The third-order valence-corrected chi connectivity index (χ3v) is 4.66. The lowest BCUT2D eigenvalue weighted by Crippen LogP contribution is -2.07. The Morgan fingerprint density at radius 3 is 2.00 bits per heavy atom. The number of para-hydroxylation sites is 4. The molecule has 4 nitrogen and oxygen atoms in total. The van der Waals surface area contributed by atoms with E-state index in [0.29, 0.717) is 0 Å². The van der Waals surface area contributed by atoms with Crippen LogP contribution in [0, 0.1) is 0 Å². The van der Waals surface area contributed by atoms with E-state index in [1.54, 1.807) is 0 Å². The summed E-state index contributed by atoms with van der Waals surface area (Å²) in [5.74, 6) is 2.14. The Balaban J connectivity index is 0.000000103. The minimum atomic E-state index is 0.845. The van der Waals surface area contributed by atoms with Crippen LogP contribution in [0.4, 0.5) is 0 Å². The third-order valence-electron chi connectivity index (χ3n) is 4.66. The Morgan fingerprint density at radius 1 is 0.643 bits per heavy atom. The van der Waals surface area contributed by atoms with Gasteiger partial charge in [0, 0.05) is 6.42 Å². The summed E-state index contributed by atoms with van der Waals surface area (Å²) < 4.78 is 15.7. The first-order valence-corrected chi connectivity index (χ1v) is 9.60. The first kappa shape index (κ1) is 18.1. The summed E-state index contributed by atoms with van der Waals surface area (Å²) in [6.07, 6.45) is 4.87. The molecule has 0 atom stereocenters. The highest BCUT2D eigenvalue weighted by molar-refractivity contribution is 5.71. The second kappa shape index (κ2) is 9.09. The number of ether oxygens (including phenoxy) is 2. The van der Waals surface area contributed by atoms with Crippen molar-refractivity contribution in [1.82, 2.24) is 4.98 Å². The molecule has 3 aromatic carbocycles. The number of benzene rings is 3. The van der Waals surface area contributed by atoms with Gasteiger partial charge in [-0.05, 0) is 48.2 Å². The van der Waals surface area contributed by atoms with E-state index in [9.17, 15) is 0 Å². The quantitative estimate of drug-likeness (QED) is 0.410. The first-order valence-electron chi connectivity index (χ1n) is 9.60. The lowest BCUT2D eigenvalue weighted by Gasteiger charge is -2.15. The van der Waals surface area contributed by atoms with Gasteiger partial charge in [-0.25, -0.2) is 4.98 Å². The molecule has 0 radical (unpaired) electrons. The van der Waals surface area contributed by atoms with Crippen LogP contribution in [0.3, 0.4) is 0 Å². The molecule has 0 spiro atoms. The molecule has 0 amide bonds. The van der Waals surface area contributed by atoms with Crippen molar-refractivity contribution < 1.29 is 13.9 Å². The molecular weight excluding hydrogens is 350 g/mol. The van der Waals surface area contributed by atoms with Crippen molar-refractivity contribution in [1.29, 1.82) is 0 Å². The molecule has 4 heteroatoms. The highest BCUT2D eigenvalue weighted by atomic mass is 16.5. The van der Waals surface area contributed by atoms with Gasteiger partial charge in [0.05, 0.1) is 13.2 Å². The Kier molecular flexibility index (Phi) is 5.88. The average Bonchev–Trinajstić information content (AvgIpc) is 3.44. The molecule has 2 aliphatic rings. The maximum absolute atomic E-state index is 5.42. The van der Waals surface area contributed by atoms with E-state index in [-0.39, 0.29) is 0 Å². The molecule has 0 unspecified atom stereocenters. The van der Waals surface area contributed by atoms with Gasteiger partial charge < -0.3 is 13.9 Å². The van der Waals surface area contributed by atoms with Crippen LogP contribution in [0.2, 0.25) is 0 Å². The third kappa shape index (κ3) is 4.52. The van der Waals surface area contributed by atoms with Crippen molar-refractivity contribution in [2.24, 2.45) is 0 Å². The molecule has 0 fully saturated rings. The van der Waals surface area contributed by atoms with Crippen LogP contribution in [0.1, 0.15) is 17.5 Å². The van der Waals surface area contributed by atoms with Crippen molar-refractivity contribution in [3.63, 3.8) is 0 Å². The highest BCUT2D eigenvalue weighted by Crippen LogP contribution is 2.24. The number of aryl methyl sites for hydroxylation is 1. The molecule has 0 saturated heterocycles. The van der Waals surface area contributed by atoms with E-state index in [1.807, 2.05) is 54.6 Å². The molecule has 142 valence electrons. The molecular formula is C24H23NO3. The van der Waals surface area contributed by atoms with E-state index in [2.05, 4.69) is 23.2 Å². The zero-order chi connectivity index (χ0) is 19.0. The molecule has 2 aliphatic heterocycles. The van der Waals surface area contributed by atoms with Gasteiger partial charge in [0.2, 0.25) is 0 Å². The number of fused-ring (bicyclic) bond motifs is 3. The van der Waals surface area contributed by atoms with Crippen LogP contribution in [-0.2, 0) is 12.8 Å². The number of rotatable bonds is 0. The summed E-state index contributed by atoms with van der Waals surface area (Å²) in [6.45, 7) is 1.75. The van der Waals surface area contributed by atoms with Crippen LogP contribution >= 0.6 is 0 Å². The number of hydrogen-bond acceptors (Lipinski definition) is 4. The topological polar surface area (TPSA) is 44.5 Å². The smallest absolute Gasteiger partial charge is 0.181 e. The van der Waals surface area contributed by atoms with Crippen molar-refractivity contribution in [3.8, 4) is 11.5 Å². The number of nitrogens with zero attached hydrogens (tertiary/aromatic N) is 1. The molecule has 4 aromatic rings. The van der Waals surface area contributed by atoms with E-state index in [4.69, 9.17) is 13.9 Å². The zero-order valence-electron chi connectivity index (χ0n) is 15.7. The van der Waals surface area contributed by atoms with Crippen molar-refractivity contribution >= 4 is 11.1 Å². The van der Waals surface area contributed by atoms with E-state index in [0.717, 1.165) is 48.7 Å². The molecule has 0 saturated carbocycles. The minimum Gasteiger partial charge on any atom is -0.493 e. The predicted molar refractivity (Wildman–Crippen MR) is 110 cm³/mol. The predicted octanol–water partition coefficient (Wildman–Crippen LogP) is 5.46. The molecule has 1 aromatic heterocycles. The van der Waals surface area contributed by atoms with Gasteiger partial charge in [-0.15, -0.1) is 0 Å². The van der Waals surface area contributed by atoms with Gasteiger partial charge in [-0.2, -0.15) is 0 Å². The average molecular weight is 373 g/mol. The molecule has 0 aliphatic carbocycles. The Bertz CT molecular complexity index is 947. The van der Waals surface area contributed by atoms with Gasteiger partial charge in [0.15, 0.2) is 12.0 Å². The standard InChI is InChI=1S/C9H10O.C8H8O.C7H5NO/c1-2-6-9-8(4-1)5-3-7-10-9;1-2-4-8-7(3-1)5-6-9-8;1-2-4-7-6(3-1)8-5-9-7/h1-2,4,6H,3,5,7H2;1-4H,5-6H2;1-5H. The number of aromatic nitrogens is 1. The fourth-order valence-electron chi connectivity index (χ4n) is 3.22. The van der Waals surface area contributed by atoms with Crippen LogP contribution in [0.5, 0.6) is 11.5 Å². The lowest BCUT2D eigenvalue weighted by molar-refractivity contribution is 0.288. The Hall–Kier alpha value is -3.27. The molecule has 6 rings (SSSR count). The fraction of sp³-hybridized carbons (Fsp3) is 0.208. The second-order valence-corrected chi connectivity index (χ2v) is 6.59. The van der Waals surface area contributed by atoms with Gasteiger partial charge in [0.25, 0.3) is 0 Å². The molecule has 0 N–H and O–H groups in total. The van der Waals surface area contributed by atoms with E-state index >= 15 is 0 Å². The van der Waals surface area contributed by atoms with Gasteiger partial charge in [0.1, 0.15) is 17.0 Å². The summed E-state index contributed by atoms with van der Waals surface area (Å²) in [5, 5.41) is 0. The van der Waals surface area contributed by atoms with Crippen LogP contribution in [-0.4, -0.2) is 18.2 Å². The minimum absolute atomic E-state index is 0.845. The van der Waals surface area contributed by atoms with Gasteiger partial charge in [-0.3, -0.25) is 0 Å². The fourth-order valence-corrected chi connectivity index (χ4v) is 3.22. The summed E-state index contributed by atoms with van der Waals surface area (Å²) in [5.41, 5.74) is 4.46. The first-order chi connectivity index (χ1) is 13.9. The van der Waals surface area contributed by atoms with Crippen molar-refractivity contribution in [2.45, 2.75) is 19.3 Å². The van der Waals surface area contributed by atoms with Gasteiger partial charge >= 0.3 is 0 Å². The summed E-state index contributed by atoms with van der Waals surface area (Å²) >= 11 is 0. The summed E-state index contributed by atoms with van der Waals surface area (Å²) in [6, 6.07) is 24.1. The summed E-state index contributed by atoms with van der Waals surface area (Å²) in [7, 11) is 0. The SMILES string of the molecule is c1ccc2c(c1)CCCO2.c1ccc2c(c1)CCO2.c1ccc2ocnc2c1. The largest absolute Gasteiger partial charge is 0.493 e. The van der Waals surface area contributed by atoms with E-state index in [1.165, 1.54) is 23.9 Å². The van der Waals surface area contributed by atoms with Crippen molar-refractivity contribution in [3.05, 3.63) is 90.3 Å². The number of oxazole rings is 1. The maximum Gasteiger partial charge on any atom is 0.181 e. The molecule has 28 heavy (non-hydrogen) atoms. The van der Waals surface area contributed by atoms with Crippen LogP contribution in [0.15, 0.2) is 83.6 Å². The van der Waals surface area contributed by atoms with Crippen LogP contribution in [0.25, 0.3) is 11.1 Å². The lowest BCUT2D eigenvalue weighted by atomic mass is 10.1. The van der Waals surface area contributed by atoms with E-state index < -0.39 is 0 Å². The monoisotopic (exact) mass is 373 g/mol. The Morgan fingerprint density at radius 2 is 1.29 bits per heavy atom. The summed E-state index contributed by atoms with van der Waals surface area (Å²) in [4.78, 5) is 3.95.